The van der Waals surface area contributed by atoms with Crippen molar-refractivity contribution in [3.8, 4) is 5.75 Å². The predicted molar refractivity (Wildman–Crippen MR) is 136 cm³/mol. The molecule has 0 radical (unpaired) electrons. The van der Waals surface area contributed by atoms with Crippen LogP contribution < -0.4 is 12.8 Å². The maximum atomic E-state index is 11.9. The van der Waals surface area contributed by atoms with E-state index in [-0.39, 0.29) is 5.91 Å². The van der Waals surface area contributed by atoms with Crippen molar-refractivity contribution in [1.29, 1.82) is 0 Å². The first kappa shape index (κ1) is 23.0. The van der Waals surface area contributed by atoms with Crippen LogP contribution in [0.15, 0.2) is 36.4 Å². The first-order valence-corrected chi connectivity index (χ1v) is 12.4. The van der Waals surface area contributed by atoms with Crippen molar-refractivity contribution in [2.24, 2.45) is 0 Å². The Hall–Kier alpha value is -1.22. The number of benzene rings is 2. The highest BCUT2D eigenvalue weighted by molar-refractivity contribution is 14.1. The fraction of sp³-hybridized carbons (Fsp3) is 0.435. The Kier molecular flexibility index (Phi) is 7.85. The Morgan fingerprint density at radius 2 is 1.77 bits per heavy atom. The molecule has 0 saturated carbocycles. The molecule has 1 saturated heterocycles. The van der Waals surface area contributed by atoms with E-state index in [1.165, 1.54) is 5.56 Å². The van der Waals surface area contributed by atoms with Gasteiger partial charge in [0.1, 0.15) is 5.75 Å². The van der Waals surface area contributed by atoms with Crippen LogP contribution in [0.25, 0.3) is 0 Å². The number of carbonyl (C=O) groups excluding carboxylic acids is 1. The molecule has 2 aromatic carbocycles. The number of hydrogen-bond donors (Lipinski definition) is 0. The summed E-state index contributed by atoms with van der Waals surface area (Å²) in [6, 6.07) is 11.9. The number of amides is 1. The predicted octanol–water partition coefficient (Wildman–Crippen LogP) is 5.60. The normalized spacial score (nSPS) is 17.1. The number of aryl methyl sites for hydroxylation is 1. The van der Waals surface area contributed by atoms with Gasteiger partial charge in [-0.15, -0.1) is 0 Å². The molecule has 0 aromatic heterocycles. The van der Waals surface area contributed by atoms with Gasteiger partial charge in [0.2, 0.25) is 5.91 Å². The molecule has 2 aliphatic rings. The third kappa shape index (κ3) is 5.59. The molecule has 166 valence electrons. The van der Waals surface area contributed by atoms with Crippen LogP contribution in [0.4, 0.5) is 11.4 Å². The van der Waals surface area contributed by atoms with Gasteiger partial charge in [0.25, 0.3) is 0 Å². The Labute approximate surface area is 207 Å². The van der Waals surface area contributed by atoms with Gasteiger partial charge in [0.15, 0.2) is 0 Å². The van der Waals surface area contributed by atoms with Crippen LogP contribution >= 0.6 is 46.1 Å². The Bertz CT molecular complexity index is 935. The average Bonchev–Trinajstić information content (AvgIpc) is 2.79. The molecule has 0 unspecified atom stereocenters. The van der Waals surface area contributed by atoms with Gasteiger partial charge in [-0.25, -0.2) is 0 Å². The van der Waals surface area contributed by atoms with Crippen molar-refractivity contribution in [3.63, 3.8) is 0 Å². The van der Waals surface area contributed by atoms with Crippen molar-refractivity contribution in [1.82, 2.24) is 4.90 Å². The minimum Gasteiger partial charge on any atom is -0.494 e. The molecule has 1 amide bonds. The number of rotatable bonds is 7. The molecule has 0 N–H and O–H groups in total. The number of carbonyl (C=O) groups is 1. The molecular formula is C23H26Cl2IN3O2. The molecular weight excluding hydrogens is 548 g/mol. The lowest BCUT2D eigenvalue weighted by Gasteiger charge is -2.36. The van der Waals surface area contributed by atoms with Gasteiger partial charge in [0, 0.05) is 38.7 Å². The van der Waals surface area contributed by atoms with E-state index < -0.39 is 0 Å². The van der Waals surface area contributed by atoms with Crippen molar-refractivity contribution in [2.45, 2.75) is 25.7 Å². The zero-order chi connectivity index (χ0) is 21.8. The largest absolute Gasteiger partial charge is 0.494 e. The highest BCUT2D eigenvalue weighted by Gasteiger charge is 2.23. The second-order valence-corrected chi connectivity index (χ2v) is 9.67. The Balaban J connectivity index is 1.17. The summed E-state index contributed by atoms with van der Waals surface area (Å²) >= 11 is 14.6. The van der Waals surface area contributed by atoms with Gasteiger partial charge in [-0.3, -0.25) is 12.8 Å². The summed E-state index contributed by atoms with van der Waals surface area (Å²) in [5.41, 5.74) is 3.20. The molecule has 4 rings (SSSR count). The van der Waals surface area contributed by atoms with Crippen LogP contribution in [0.1, 0.15) is 24.8 Å². The second-order valence-electron chi connectivity index (χ2n) is 7.92. The maximum absolute atomic E-state index is 11.9. The minimum absolute atomic E-state index is 0.156. The third-order valence-corrected chi connectivity index (χ3v) is 7.74. The van der Waals surface area contributed by atoms with E-state index in [0.29, 0.717) is 23.1 Å². The lowest BCUT2D eigenvalue weighted by Crippen LogP contribution is -2.46. The standard InChI is InChI=1S/C23H26Cl2IN3O2/c24-19-4-3-5-20(23(19)25)28-13-11-27(12-14-28)10-1-2-15-31-18-8-6-17-7-9-22(30)29(26)21(17)16-18/h3-6,8,16H,1-2,7,9-15H2. The van der Waals surface area contributed by atoms with E-state index >= 15 is 0 Å². The summed E-state index contributed by atoms with van der Waals surface area (Å²) in [6.07, 6.45) is 3.49. The number of nitrogens with zero attached hydrogens (tertiary/aromatic N) is 3. The highest BCUT2D eigenvalue weighted by Crippen LogP contribution is 2.34. The molecule has 0 atom stereocenters. The molecule has 0 aliphatic carbocycles. The van der Waals surface area contributed by atoms with Crippen LogP contribution in [0, 0.1) is 0 Å². The summed E-state index contributed by atoms with van der Waals surface area (Å²) < 4.78 is 7.66. The van der Waals surface area contributed by atoms with Gasteiger partial charge in [0.05, 0.1) is 50.9 Å². The monoisotopic (exact) mass is 573 g/mol. The van der Waals surface area contributed by atoms with Crippen LogP contribution in [-0.2, 0) is 11.2 Å². The second kappa shape index (κ2) is 10.6. The average molecular weight is 574 g/mol. The fourth-order valence-electron chi connectivity index (χ4n) is 4.08. The quantitative estimate of drug-likeness (QED) is 0.245. The van der Waals surface area contributed by atoms with Gasteiger partial charge in [-0.05, 0) is 49.6 Å². The van der Waals surface area contributed by atoms with Crippen LogP contribution in [0.5, 0.6) is 5.75 Å². The molecule has 2 aromatic rings. The Morgan fingerprint density at radius 3 is 2.58 bits per heavy atom. The molecule has 0 spiro atoms. The molecule has 2 heterocycles. The van der Waals surface area contributed by atoms with E-state index in [4.69, 9.17) is 27.9 Å². The van der Waals surface area contributed by atoms with E-state index in [1.807, 2.05) is 30.3 Å². The first-order chi connectivity index (χ1) is 15.0. The number of anilines is 2. The third-order valence-electron chi connectivity index (χ3n) is 5.88. The van der Waals surface area contributed by atoms with Crippen molar-refractivity contribution < 1.29 is 9.53 Å². The Morgan fingerprint density at radius 1 is 0.968 bits per heavy atom. The number of piperazine rings is 1. The van der Waals surface area contributed by atoms with E-state index in [0.717, 1.165) is 69.1 Å². The fourth-order valence-corrected chi connectivity index (χ4v) is 5.18. The van der Waals surface area contributed by atoms with Crippen LogP contribution in [0.2, 0.25) is 10.0 Å². The highest BCUT2D eigenvalue weighted by atomic mass is 127. The van der Waals surface area contributed by atoms with Gasteiger partial charge in [-0.2, -0.15) is 0 Å². The van der Waals surface area contributed by atoms with Crippen molar-refractivity contribution >= 4 is 63.3 Å². The van der Waals surface area contributed by atoms with Crippen LogP contribution in [-0.4, -0.2) is 50.1 Å². The number of fused-ring (bicyclic) bond motifs is 1. The van der Waals surface area contributed by atoms with Crippen LogP contribution in [0.3, 0.4) is 0 Å². The zero-order valence-electron chi connectivity index (χ0n) is 17.3. The lowest BCUT2D eigenvalue weighted by molar-refractivity contribution is -0.117. The van der Waals surface area contributed by atoms with Gasteiger partial charge in [-0.1, -0.05) is 35.3 Å². The summed E-state index contributed by atoms with van der Waals surface area (Å²) in [6.45, 7) is 5.71. The minimum atomic E-state index is 0.156. The van der Waals surface area contributed by atoms with Crippen molar-refractivity contribution in [2.75, 3.05) is 47.3 Å². The molecule has 31 heavy (non-hydrogen) atoms. The van der Waals surface area contributed by atoms with E-state index in [1.54, 1.807) is 3.11 Å². The summed E-state index contributed by atoms with van der Waals surface area (Å²) in [5, 5.41) is 1.25. The van der Waals surface area contributed by atoms with E-state index in [2.05, 4.69) is 38.7 Å². The van der Waals surface area contributed by atoms with E-state index in [9.17, 15) is 4.79 Å². The van der Waals surface area contributed by atoms with Crippen molar-refractivity contribution in [3.05, 3.63) is 52.0 Å². The molecule has 2 aliphatic heterocycles. The zero-order valence-corrected chi connectivity index (χ0v) is 21.0. The molecule has 1 fully saturated rings. The summed E-state index contributed by atoms with van der Waals surface area (Å²) in [7, 11) is 0. The van der Waals surface area contributed by atoms with Gasteiger partial charge >= 0.3 is 0 Å². The van der Waals surface area contributed by atoms with Gasteiger partial charge < -0.3 is 9.64 Å². The smallest absolute Gasteiger partial charge is 0.236 e. The molecule has 8 heteroatoms. The lowest BCUT2D eigenvalue weighted by atomic mass is 10.0. The molecule has 5 nitrogen and oxygen atoms in total. The summed E-state index contributed by atoms with van der Waals surface area (Å²) in [4.78, 5) is 16.7. The topological polar surface area (TPSA) is 36.0 Å². The first-order valence-electron chi connectivity index (χ1n) is 10.7. The number of ether oxygens (including phenoxy) is 1. The number of hydrogen-bond acceptors (Lipinski definition) is 4. The summed E-state index contributed by atoms with van der Waals surface area (Å²) in [5.74, 6) is 0.991. The number of unbranched alkanes of at least 4 members (excludes halogenated alkanes) is 1. The maximum Gasteiger partial charge on any atom is 0.236 e. The molecule has 0 bridgehead atoms. The number of halogens is 3. The SMILES string of the molecule is O=C1CCc2ccc(OCCCCN3CCN(c4cccc(Cl)c4Cl)CC3)cc2N1I.